The molecule has 0 aliphatic carbocycles. The minimum absolute atomic E-state index is 1.32. The number of aryl methyl sites for hydroxylation is 7. The van der Waals surface area contributed by atoms with Gasteiger partial charge >= 0.3 is 0 Å². The minimum Gasteiger partial charge on any atom is -0.0622 e. The SMILES string of the molecule is Cc1ccc(C)cc1.Cc1ccc(C)cc1.Cc1ccc(C)cc1.Cc1ccccc1. The molecular formula is C31H38. The summed E-state index contributed by atoms with van der Waals surface area (Å²) in [6, 6.07) is 35.7. The van der Waals surface area contributed by atoms with Crippen LogP contribution in [0.2, 0.25) is 0 Å². The highest BCUT2D eigenvalue weighted by molar-refractivity contribution is 5.21. The number of benzene rings is 4. The number of hydrogen-bond acceptors (Lipinski definition) is 0. The van der Waals surface area contributed by atoms with Gasteiger partial charge in [-0.3, -0.25) is 0 Å². The normalized spacial score (nSPS) is 9.13. The molecule has 0 heteroatoms. The van der Waals surface area contributed by atoms with Gasteiger partial charge in [0.1, 0.15) is 0 Å². The first kappa shape index (κ1) is 25.9. The third-order valence-electron chi connectivity index (χ3n) is 4.60. The Balaban J connectivity index is 0.000000207. The van der Waals surface area contributed by atoms with Crippen molar-refractivity contribution in [2.24, 2.45) is 0 Å². The van der Waals surface area contributed by atoms with E-state index >= 15 is 0 Å². The van der Waals surface area contributed by atoms with Crippen molar-refractivity contribution in [1.82, 2.24) is 0 Å². The van der Waals surface area contributed by atoms with E-state index in [0.29, 0.717) is 0 Å². The van der Waals surface area contributed by atoms with Crippen LogP contribution in [0.5, 0.6) is 0 Å². The van der Waals surface area contributed by atoms with Crippen LogP contribution in [0.15, 0.2) is 103 Å². The van der Waals surface area contributed by atoms with Crippen LogP contribution in [-0.4, -0.2) is 0 Å². The molecule has 0 unspecified atom stereocenters. The molecule has 0 N–H and O–H groups in total. The highest BCUT2D eigenvalue weighted by Gasteiger charge is 1.81. The lowest BCUT2D eigenvalue weighted by molar-refractivity contribution is 1.40. The van der Waals surface area contributed by atoms with E-state index in [1.54, 1.807) is 0 Å². The summed E-state index contributed by atoms with van der Waals surface area (Å²) < 4.78 is 0. The maximum absolute atomic E-state index is 2.12. The molecule has 0 atom stereocenters. The monoisotopic (exact) mass is 410 g/mol. The van der Waals surface area contributed by atoms with E-state index in [1.807, 2.05) is 18.2 Å². The van der Waals surface area contributed by atoms with Crippen molar-refractivity contribution in [3.05, 3.63) is 142 Å². The van der Waals surface area contributed by atoms with Crippen LogP contribution < -0.4 is 0 Å². The van der Waals surface area contributed by atoms with Gasteiger partial charge in [0.2, 0.25) is 0 Å². The second kappa shape index (κ2) is 14.8. The maximum Gasteiger partial charge on any atom is -0.0398 e. The van der Waals surface area contributed by atoms with Crippen molar-refractivity contribution < 1.29 is 0 Å². The van der Waals surface area contributed by atoms with Crippen LogP contribution in [0.3, 0.4) is 0 Å². The Labute approximate surface area is 190 Å². The largest absolute Gasteiger partial charge is 0.0622 e. The Bertz CT molecular complexity index is 779. The van der Waals surface area contributed by atoms with E-state index in [0.717, 1.165) is 0 Å². The van der Waals surface area contributed by atoms with Gasteiger partial charge in [0.05, 0.1) is 0 Å². The molecule has 4 aromatic rings. The third-order valence-corrected chi connectivity index (χ3v) is 4.60. The predicted molar refractivity (Wildman–Crippen MR) is 139 cm³/mol. The van der Waals surface area contributed by atoms with E-state index in [1.165, 1.54) is 38.9 Å². The van der Waals surface area contributed by atoms with Crippen LogP contribution in [0, 0.1) is 48.5 Å². The van der Waals surface area contributed by atoms with Crippen LogP contribution in [-0.2, 0) is 0 Å². The van der Waals surface area contributed by atoms with Gasteiger partial charge in [0, 0.05) is 0 Å². The molecule has 0 spiro atoms. The molecule has 0 amide bonds. The lowest BCUT2D eigenvalue weighted by atomic mass is 10.2. The molecule has 0 aliphatic rings. The molecule has 0 heterocycles. The summed E-state index contributed by atoms with van der Waals surface area (Å²) in [6.07, 6.45) is 0. The average Bonchev–Trinajstić information content (AvgIpc) is 2.76. The molecule has 4 rings (SSSR count). The molecule has 0 bridgehead atoms. The molecule has 0 aliphatic heterocycles. The van der Waals surface area contributed by atoms with E-state index < -0.39 is 0 Å². The standard InChI is InChI=1S/3C8H10.C7H8/c3*1-7-3-5-8(2)6-4-7;1-7-5-3-2-4-6-7/h3*3-6H,1-2H3;2-6H,1H3. The van der Waals surface area contributed by atoms with Gasteiger partial charge in [0.15, 0.2) is 0 Å². The highest BCUT2D eigenvalue weighted by Crippen LogP contribution is 2.01. The summed E-state index contributed by atoms with van der Waals surface area (Å²) in [6.45, 7) is 14.7. The summed E-state index contributed by atoms with van der Waals surface area (Å²) in [5, 5.41) is 0. The van der Waals surface area contributed by atoms with Gasteiger partial charge in [-0.25, -0.2) is 0 Å². The zero-order valence-corrected chi connectivity index (χ0v) is 20.3. The first-order chi connectivity index (χ1) is 14.8. The molecule has 0 nitrogen and oxygen atoms in total. The van der Waals surface area contributed by atoms with Gasteiger partial charge < -0.3 is 0 Å². The van der Waals surface area contributed by atoms with E-state index in [2.05, 4.69) is 133 Å². The molecule has 4 aromatic carbocycles. The van der Waals surface area contributed by atoms with Crippen molar-refractivity contribution in [3.8, 4) is 0 Å². The van der Waals surface area contributed by atoms with Crippen LogP contribution >= 0.6 is 0 Å². The predicted octanol–water partition coefficient (Wildman–Crippen LogP) is 8.91. The molecule has 0 fully saturated rings. The lowest BCUT2D eigenvalue weighted by Gasteiger charge is -1.90. The lowest BCUT2D eigenvalue weighted by Crippen LogP contribution is -1.70. The van der Waals surface area contributed by atoms with Crippen molar-refractivity contribution >= 4 is 0 Å². The van der Waals surface area contributed by atoms with Gasteiger partial charge in [-0.05, 0) is 48.5 Å². The molecule has 0 aromatic heterocycles. The van der Waals surface area contributed by atoms with Crippen molar-refractivity contribution in [2.45, 2.75) is 48.5 Å². The molecule has 0 saturated heterocycles. The summed E-state index contributed by atoms with van der Waals surface area (Å²) in [7, 11) is 0. The van der Waals surface area contributed by atoms with Crippen LogP contribution in [0.4, 0.5) is 0 Å². The molecular weight excluding hydrogens is 372 g/mol. The molecule has 31 heavy (non-hydrogen) atoms. The average molecular weight is 411 g/mol. The number of rotatable bonds is 0. The van der Waals surface area contributed by atoms with Crippen molar-refractivity contribution in [3.63, 3.8) is 0 Å². The summed E-state index contributed by atoms with van der Waals surface area (Å²) in [5.41, 5.74) is 9.30. The highest BCUT2D eigenvalue weighted by atomic mass is 13.9. The molecule has 162 valence electrons. The smallest absolute Gasteiger partial charge is 0.0398 e. The van der Waals surface area contributed by atoms with Crippen molar-refractivity contribution in [1.29, 1.82) is 0 Å². The second-order valence-electron chi connectivity index (χ2n) is 8.12. The van der Waals surface area contributed by atoms with Crippen LogP contribution in [0.25, 0.3) is 0 Å². The molecule has 0 saturated carbocycles. The maximum atomic E-state index is 2.12. The topological polar surface area (TPSA) is 0 Å². The van der Waals surface area contributed by atoms with Gasteiger partial charge in [-0.2, -0.15) is 0 Å². The zero-order chi connectivity index (χ0) is 23.1. The Kier molecular flexibility index (Phi) is 12.4. The fraction of sp³-hybridized carbons (Fsp3) is 0.226. The van der Waals surface area contributed by atoms with E-state index in [-0.39, 0.29) is 0 Å². The fourth-order valence-electron chi connectivity index (χ4n) is 2.45. The Morgan fingerprint density at radius 3 is 0.516 bits per heavy atom. The first-order valence-electron chi connectivity index (χ1n) is 10.9. The summed E-state index contributed by atoms with van der Waals surface area (Å²) in [4.78, 5) is 0. The van der Waals surface area contributed by atoms with Gasteiger partial charge in [0.25, 0.3) is 0 Å². The second-order valence-corrected chi connectivity index (χ2v) is 8.12. The van der Waals surface area contributed by atoms with Gasteiger partial charge in [-0.15, -0.1) is 0 Å². The summed E-state index contributed by atoms with van der Waals surface area (Å²) >= 11 is 0. The third kappa shape index (κ3) is 13.7. The Morgan fingerprint density at radius 1 is 0.226 bits per heavy atom. The minimum atomic E-state index is 1.32. The zero-order valence-electron chi connectivity index (χ0n) is 20.3. The fourth-order valence-corrected chi connectivity index (χ4v) is 2.45. The number of hydrogen-bond donors (Lipinski definition) is 0. The quantitative estimate of drug-likeness (QED) is 0.271. The van der Waals surface area contributed by atoms with E-state index in [4.69, 9.17) is 0 Å². The van der Waals surface area contributed by atoms with Gasteiger partial charge in [-0.1, -0.05) is 142 Å². The van der Waals surface area contributed by atoms with E-state index in [9.17, 15) is 0 Å². The Hall–Kier alpha value is -3.12. The van der Waals surface area contributed by atoms with Crippen LogP contribution in [0.1, 0.15) is 38.9 Å². The summed E-state index contributed by atoms with van der Waals surface area (Å²) in [5.74, 6) is 0. The first-order valence-corrected chi connectivity index (χ1v) is 10.9. The van der Waals surface area contributed by atoms with Crippen molar-refractivity contribution in [2.75, 3.05) is 0 Å². The molecule has 0 radical (unpaired) electrons. The Morgan fingerprint density at radius 2 is 0.387 bits per heavy atom.